The molecule has 1 saturated heterocycles. The Morgan fingerprint density at radius 1 is 1.43 bits per heavy atom. The van der Waals surface area contributed by atoms with Crippen molar-refractivity contribution in [3.05, 3.63) is 34.3 Å². The largest absolute Gasteiger partial charge is 0.479 e. The highest BCUT2D eigenvalue weighted by Crippen LogP contribution is 2.21. The molecule has 2 unspecified atom stereocenters. The number of amides is 1. The first-order valence-electron chi connectivity index (χ1n) is 7.82. The van der Waals surface area contributed by atoms with Gasteiger partial charge < -0.3 is 14.7 Å². The lowest BCUT2D eigenvalue weighted by Gasteiger charge is -2.36. The van der Waals surface area contributed by atoms with Crippen LogP contribution in [0.3, 0.4) is 0 Å². The van der Waals surface area contributed by atoms with E-state index in [0.717, 1.165) is 16.5 Å². The second-order valence-corrected chi connectivity index (χ2v) is 6.87. The number of carboxylic acids is 1. The van der Waals surface area contributed by atoms with Crippen molar-refractivity contribution in [3.63, 3.8) is 0 Å². The summed E-state index contributed by atoms with van der Waals surface area (Å²) in [5.41, 5.74) is 1.09. The molecule has 1 aromatic rings. The van der Waals surface area contributed by atoms with Gasteiger partial charge in [0.05, 0.1) is 12.6 Å². The lowest BCUT2D eigenvalue weighted by atomic mass is 9.95. The Morgan fingerprint density at radius 2 is 2.17 bits per heavy atom. The standard InChI is InChI=1S/C17H22BrNO4/c1-3-13(7-12-5-4-6-14(18)8-12)16(20)19-9-11(2)23-15(10-19)17(21)22/h4-6,8,11,13,15H,3,7,9-10H2,1-2H3,(H,21,22)/t11-,13?,15?/m1/s1. The van der Waals surface area contributed by atoms with Gasteiger partial charge in [-0.25, -0.2) is 4.79 Å². The van der Waals surface area contributed by atoms with Crippen molar-refractivity contribution in [3.8, 4) is 0 Å². The second-order valence-electron chi connectivity index (χ2n) is 5.96. The molecule has 1 aromatic carbocycles. The van der Waals surface area contributed by atoms with Crippen LogP contribution >= 0.6 is 15.9 Å². The molecule has 0 aliphatic carbocycles. The van der Waals surface area contributed by atoms with E-state index in [1.807, 2.05) is 31.2 Å². The highest BCUT2D eigenvalue weighted by Gasteiger charge is 2.34. The smallest absolute Gasteiger partial charge is 0.334 e. The van der Waals surface area contributed by atoms with Gasteiger partial charge in [0.2, 0.25) is 5.91 Å². The summed E-state index contributed by atoms with van der Waals surface area (Å²) < 4.78 is 6.36. The molecule has 1 aliphatic rings. The first-order valence-corrected chi connectivity index (χ1v) is 8.61. The summed E-state index contributed by atoms with van der Waals surface area (Å²) in [6.45, 7) is 4.34. The number of benzene rings is 1. The number of ether oxygens (including phenoxy) is 1. The number of carboxylic acid groups (broad SMARTS) is 1. The van der Waals surface area contributed by atoms with Crippen molar-refractivity contribution >= 4 is 27.8 Å². The van der Waals surface area contributed by atoms with Gasteiger partial charge in [-0.1, -0.05) is 35.0 Å². The summed E-state index contributed by atoms with van der Waals surface area (Å²) in [4.78, 5) is 25.6. The van der Waals surface area contributed by atoms with E-state index in [2.05, 4.69) is 15.9 Å². The van der Waals surface area contributed by atoms with Crippen LogP contribution in [0.25, 0.3) is 0 Å². The number of hydrogen-bond donors (Lipinski definition) is 1. The van der Waals surface area contributed by atoms with Crippen LogP contribution in [0.5, 0.6) is 0 Å². The number of aliphatic carboxylic acids is 1. The first kappa shape index (κ1) is 17.9. The fourth-order valence-electron chi connectivity index (χ4n) is 2.88. The van der Waals surface area contributed by atoms with E-state index in [1.165, 1.54) is 0 Å². The number of hydrogen-bond acceptors (Lipinski definition) is 3. The van der Waals surface area contributed by atoms with Crippen LogP contribution in [0.4, 0.5) is 0 Å². The van der Waals surface area contributed by atoms with E-state index in [4.69, 9.17) is 9.84 Å². The average molecular weight is 384 g/mol. The normalized spacial score (nSPS) is 22.7. The maximum atomic E-state index is 12.8. The lowest BCUT2D eigenvalue weighted by Crippen LogP contribution is -2.53. The zero-order valence-corrected chi connectivity index (χ0v) is 15.0. The molecule has 1 amide bonds. The molecule has 0 aromatic heterocycles. The zero-order chi connectivity index (χ0) is 17.0. The average Bonchev–Trinajstić information content (AvgIpc) is 2.51. The molecular formula is C17H22BrNO4. The van der Waals surface area contributed by atoms with E-state index in [1.54, 1.807) is 11.8 Å². The molecule has 1 heterocycles. The number of rotatable bonds is 5. The molecule has 23 heavy (non-hydrogen) atoms. The quantitative estimate of drug-likeness (QED) is 0.848. The monoisotopic (exact) mass is 383 g/mol. The van der Waals surface area contributed by atoms with Crippen LogP contribution in [0.2, 0.25) is 0 Å². The third-order valence-corrected chi connectivity index (χ3v) is 4.55. The number of morpholine rings is 1. The molecule has 0 saturated carbocycles. The highest BCUT2D eigenvalue weighted by molar-refractivity contribution is 9.10. The molecule has 0 bridgehead atoms. The molecule has 0 radical (unpaired) electrons. The molecule has 126 valence electrons. The van der Waals surface area contributed by atoms with Gasteiger partial charge >= 0.3 is 5.97 Å². The van der Waals surface area contributed by atoms with Crippen molar-refractivity contribution in [1.29, 1.82) is 0 Å². The van der Waals surface area contributed by atoms with Gasteiger partial charge in [0.25, 0.3) is 0 Å². The second kappa shape index (κ2) is 7.93. The third-order valence-electron chi connectivity index (χ3n) is 4.06. The van der Waals surface area contributed by atoms with Crippen LogP contribution < -0.4 is 0 Å². The van der Waals surface area contributed by atoms with Gasteiger partial charge in [0, 0.05) is 16.9 Å². The number of carbonyl (C=O) groups excluding carboxylic acids is 1. The fraction of sp³-hybridized carbons (Fsp3) is 0.529. The van der Waals surface area contributed by atoms with Crippen LogP contribution in [0.15, 0.2) is 28.7 Å². The molecular weight excluding hydrogens is 362 g/mol. The van der Waals surface area contributed by atoms with Gasteiger partial charge in [-0.3, -0.25) is 4.79 Å². The molecule has 2 rings (SSSR count). The Kier molecular flexibility index (Phi) is 6.18. The summed E-state index contributed by atoms with van der Waals surface area (Å²) in [5, 5.41) is 9.15. The van der Waals surface area contributed by atoms with Crippen molar-refractivity contribution < 1.29 is 19.4 Å². The minimum absolute atomic E-state index is 0.00822. The highest BCUT2D eigenvalue weighted by atomic mass is 79.9. The predicted octanol–water partition coefficient (Wildman–Crippen LogP) is 2.72. The Morgan fingerprint density at radius 3 is 2.78 bits per heavy atom. The Labute approximate surface area is 144 Å². The van der Waals surface area contributed by atoms with Gasteiger partial charge in [0.15, 0.2) is 6.10 Å². The van der Waals surface area contributed by atoms with Crippen molar-refractivity contribution in [2.24, 2.45) is 5.92 Å². The SMILES string of the molecule is CCC(Cc1cccc(Br)c1)C(=O)N1CC(C(=O)O)O[C@H](C)C1. The molecule has 5 nitrogen and oxygen atoms in total. The predicted molar refractivity (Wildman–Crippen MR) is 90.2 cm³/mol. The van der Waals surface area contributed by atoms with Crippen LogP contribution in [0, 0.1) is 5.92 Å². The van der Waals surface area contributed by atoms with E-state index < -0.39 is 12.1 Å². The van der Waals surface area contributed by atoms with Gasteiger partial charge in [-0.05, 0) is 37.5 Å². The molecule has 1 N–H and O–H groups in total. The topological polar surface area (TPSA) is 66.8 Å². The van der Waals surface area contributed by atoms with E-state index in [-0.39, 0.29) is 24.5 Å². The molecule has 0 spiro atoms. The first-order chi connectivity index (χ1) is 10.9. The summed E-state index contributed by atoms with van der Waals surface area (Å²) in [6, 6.07) is 7.92. The van der Waals surface area contributed by atoms with Crippen LogP contribution in [0.1, 0.15) is 25.8 Å². The van der Waals surface area contributed by atoms with E-state index in [9.17, 15) is 9.59 Å². The number of carbonyl (C=O) groups is 2. The fourth-order valence-corrected chi connectivity index (χ4v) is 3.33. The Balaban J connectivity index is 2.08. The Bertz CT molecular complexity index is 577. The Hall–Kier alpha value is -1.40. The molecule has 1 aliphatic heterocycles. The van der Waals surface area contributed by atoms with Crippen LogP contribution in [-0.4, -0.2) is 47.2 Å². The van der Waals surface area contributed by atoms with Crippen LogP contribution in [-0.2, 0) is 20.7 Å². The van der Waals surface area contributed by atoms with Gasteiger partial charge in [0.1, 0.15) is 0 Å². The minimum atomic E-state index is -1.02. The summed E-state index contributed by atoms with van der Waals surface area (Å²) in [6.07, 6.45) is 0.163. The van der Waals surface area contributed by atoms with Gasteiger partial charge in [-0.2, -0.15) is 0 Å². The third kappa shape index (κ3) is 4.78. The zero-order valence-electron chi connectivity index (χ0n) is 13.4. The lowest BCUT2D eigenvalue weighted by molar-refractivity contribution is -0.167. The molecule has 3 atom stereocenters. The van der Waals surface area contributed by atoms with Crippen molar-refractivity contribution in [1.82, 2.24) is 4.90 Å². The number of nitrogens with zero attached hydrogens (tertiary/aromatic N) is 1. The summed E-state index contributed by atoms with van der Waals surface area (Å²) >= 11 is 3.44. The van der Waals surface area contributed by atoms with E-state index in [0.29, 0.717) is 13.0 Å². The molecule has 6 heteroatoms. The maximum absolute atomic E-state index is 12.8. The molecule has 1 fully saturated rings. The van der Waals surface area contributed by atoms with Gasteiger partial charge in [-0.15, -0.1) is 0 Å². The maximum Gasteiger partial charge on any atom is 0.334 e. The van der Waals surface area contributed by atoms with Crippen molar-refractivity contribution in [2.45, 2.75) is 38.9 Å². The number of halogens is 1. The van der Waals surface area contributed by atoms with Crippen molar-refractivity contribution in [2.75, 3.05) is 13.1 Å². The van der Waals surface area contributed by atoms with E-state index >= 15 is 0 Å². The minimum Gasteiger partial charge on any atom is -0.479 e. The summed E-state index contributed by atoms with van der Waals surface area (Å²) in [7, 11) is 0. The summed E-state index contributed by atoms with van der Waals surface area (Å²) in [5.74, 6) is -1.16.